The summed E-state index contributed by atoms with van der Waals surface area (Å²) in [7, 11) is 3.60. The third-order valence-electron chi connectivity index (χ3n) is 3.08. The number of nitro benzene ring substituents is 1. The van der Waals surface area contributed by atoms with Crippen molar-refractivity contribution in [3.05, 3.63) is 46.2 Å². The molecule has 0 bridgehead atoms. The number of allylic oxidation sites excluding steroid dienone is 1. The second-order valence-electron chi connectivity index (χ2n) is 4.78. The van der Waals surface area contributed by atoms with Gasteiger partial charge in [-0.25, -0.2) is 0 Å². The Kier molecular flexibility index (Phi) is 5.90. The molecule has 0 atom stereocenters. The Hall–Kier alpha value is -2.37. The van der Waals surface area contributed by atoms with Crippen molar-refractivity contribution in [2.45, 2.75) is 13.8 Å². The van der Waals surface area contributed by atoms with Crippen molar-refractivity contribution < 1.29 is 9.72 Å². The van der Waals surface area contributed by atoms with Crippen LogP contribution in [0.1, 0.15) is 24.2 Å². The van der Waals surface area contributed by atoms with E-state index >= 15 is 0 Å². The Labute approximate surface area is 124 Å². The first kappa shape index (κ1) is 16.7. The first-order valence-corrected chi connectivity index (χ1v) is 6.83. The van der Waals surface area contributed by atoms with Crippen molar-refractivity contribution in [1.82, 2.24) is 4.90 Å². The highest BCUT2D eigenvalue weighted by Gasteiger charge is 2.19. The first-order chi connectivity index (χ1) is 9.90. The van der Waals surface area contributed by atoms with Gasteiger partial charge in [-0.15, -0.1) is 0 Å². The molecule has 0 aliphatic rings. The van der Waals surface area contributed by atoms with Gasteiger partial charge in [0.2, 0.25) is 0 Å². The average Bonchev–Trinajstić information content (AvgIpc) is 2.46. The molecule has 0 aliphatic carbocycles. The molecule has 0 aliphatic heterocycles. The molecule has 1 rings (SSSR count). The van der Waals surface area contributed by atoms with Crippen LogP contribution in [0.2, 0.25) is 0 Å². The molecule has 0 aromatic heterocycles. The molecule has 0 saturated carbocycles. The molecule has 21 heavy (non-hydrogen) atoms. The van der Waals surface area contributed by atoms with E-state index in [0.29, 0.717) is 24.3 Å². The molecule has 0 radical (unpaired) electrons. The van der Waals surface area contributed by atoms with Crippen LogP contribution in [0.3, 0.4) is 0 Å². The fraction of sp³-hybridized carbons (Fsp3) is 0.400. The van der Waals surface area contributed by atoms with Gasteiger partial charge in [-0.2, -0.15) is 0 Å². The van der Waals surface area contributed by atoms with Crippen LogP contribution in [0, 0.1) is 10.1 Å². The van der Waals surface area contributed by atoms with Gasteiger partial charge in [-0.1, -0.05) is 0 Å². The van der Waals surface area contributed by atoms with Gasteiger partial charge in [0.05, 0.1) is 4.92 Å². The molecule has 0 spiro atoms. The maximum Gasteiger partial charge on any atom is 0.293 e. The van der Waals surface area contributed by atoms with Gasteiger partial charge in [0.15, 0.2) is 5.78 Å². The Morgan fingerprint density at radius 1 is 1.29 bits per heavy atom. The van der Waals surface area contributed by atoms with E-state index in [9.17, 15) is 14.9 Å². The van der Waals surface area contributed by atoms with Crippen molar-refractivity contribution in [1.29, 1.82) is 0 Å². The van der Waals surface area contributed by atoms with Crippen LogP contribution in [0.25, 0.3) is 0 Å². The second-order valence-corrected chi connectivity index (χ2v) is 4.78. The highest BCUT2D eigenvalue weighted by Crippen LogP contribution is 2.29. The minimum absolute atomic E-state index is 0.0391. The lowest BCUT2D eigenvalue weighted by Crippen LogP contribution is -2.23. The number of nitro groups is 1. The molecule has 114 valence electrons. The number of anilines is 1. The lowest BCUT2D eigenvalue weighted by atomic mass is 10.1. The van der Waals surface area contributed by atoms with Gasteiger partial charge < -0.3 is 9.80 Å². The largest absolute Gasteiger partial charge is 0.383 e. The van der Waals surface area contributed by atoms with Crippen LogP contribution in [0.15, 0.2) is 30.5 Å². The number of carbonyl (C=O) groups excluding carboxylic acids is 1. The quantitative estimate of drug-likeness (QED) is 0.334. The first-order valence-electron chi connectivity index (χ1n) is 6.83. The van der Waals surface area contributed by atoms with Crippen LogP contribution in [-0.2, 0) is 0 Å². The number of ketones is 1. The lowest BCUT2D eigenvalue weighted by molar-refractivity contribution is -0.384. The van der Waals surface area contributed by atoms with E-state index in [1.807, 2.05) is 18.7 Å². The molecule has 0 saturated heterocycles. The van der Waals surface area contributed by atoms with Crippen LogP contribution >= 0.6 is 0 Å². The maximum absolute atomic E-state index is 12.0. The van der Waals surface area contributed by atoms with E-state index in [-0.39, 0.29) is 11.5 Å². The molecule has 0 fully saturated rings. The molecule has 0 N–H and O–H groups in total. The number of benzene rings is 1. The predicted molar refractivity (Wildman–Crippen MR) is 83.8 cm³/mol. The van der Waals surface area contributed by atoms with Crippen LogP contribution in [0.5, 0.6) is 0 Å². The van der Waals surface area contributed by atoms with E-state index in [2.05, 4.69) is 0 Å². The topological polar surface area (TPSA) is 66.7 Å². The SMILES string of the molecule is CCN(CC)c1ccc(C(=O)/C=C/N(C)C)cc1[N+](=O)[O-]. The zero-order valence-corrected chi connectivity index (χ0v) is 12.9. The molecule has 1 aromatic carbocycles. The van der Waals surface area contributed by atoms with E-state index in [1.165, 1.54) is 12.1 Å². The van der Waals surface area contributed by atoms with Crippen LogP contribution in [-0.4, -0.2) is 42.8 Å². The Balaban J connectivity index is 3.20. The third kappa shape index (κ3) is 4.30. The van der Waals surface area contributed by atoms with Crippen molar-refractivity contribution in [3.8, 4) is 0 Å². The summed E-state index contributed by atoms with van der Waals surface area (Å²) in [5, 5.41) is 11.2. The normalized spacial score (nSPS) is 10.7. The molecule has 0 unspecified atom stereocenters. The summed E-state index contributed by atoms with van der Waals surface area (Å²) in [5.41, 5.74) is 0.816. The maximum atomic E-state index is 12.0. The zero-order valence-electron chi connectivity index (χ0n) is 12.9. The summed E-state index contributed by atoms with van der Waals surface area (Å²) >= 11 is 0. The number of hydrogen-bond donors (Lipinski definition) is 0. The van der Waals surface area contributed by atoms with Crippen molar-refractivity contribution in [3.63, 3.8) is 0 Å². The highest BCUT2D eigenvalue weighted by molar-refractivity contribution is 6.05. The molecular weight excluding hydrogens is 270 g/mol. The monoisotopic (exact) mass is 291 g/mol. The molecule has 6 heteroatoms. The zero-order chi connectivity index (χ0) is 16.0. The standard InChI is InChI=1S/C15H21N3O3/c1-5-17(6-2)13-8-7-12(11-14(13)18(20)21)15(19)9-10-16(3)4/h7-11H,5-6H2,1-4H3/b10-9+. The summed E-state index contributed by atoms with van der Waals surface area (Å²) in [6.45, 7) is 5.22. The fourth-order valence-corrected chi connectivity index (χ4v) is 1.97. The fourth-order valence-electron chi connectivity index (χ4n) is 1.97. The minimum Gasteiger partial charge on any atom is -0.383 e. The lowest BCUT2D eigenvalue weighted by Gasteiger charge is -2.20. The summed E-state index contributed by atoms with van der Waals surface area (Å²) in [5.74, 6) is -0.252. The predicted octanol–water partition coefficient (Wildman–Crippen LogP) is 2.70. The van der Waals surface area contributed by atoms with E-state index in [4.69, 9.17) is 0 Å². The molecule has 0 amide bonds. The summed E-state index contributed by atoms with van der Waals surface area (Å²) in [4.78, 5) is 26.4. The van der Waals surface area contributed by atoms with E-state index in [1.54, 1.807) is 37.3 Å². The number of nitrogens with zero attached hydrogens (tertiary/aromatic N) is 3. The second kappa shape index (κ2) is 7.42. The van der Waals surface area contributed by atoms with Crippen molar-refractivity contribution >= 4 is 17.2 Å². The van der Waals surface area contributed by atoms with Gasteiger partial charge in [0.1, 0.15) is 5.69 Å². The Bertz CT molecular complexity index is 549. The van der Waals surface area contributed by atoms with E-state index < -0.39 is 4.92 Å². The van der Waals surface area contributed by atoms with E-state index in [0.717, 1.165) is 0 Å². The van der Waals surface area contributed by atoms with Crippen molar-refractivity contribution in [2.75, 3.05) is 32.1 Å². The van der Waals surface area contributed by atoms with Gasteiger partial charge in [-0.3, -0.25) is 14.9 Å². The average molecular weight is 291 g/mol. The number of carbonyl (C=O) groups is 1. The molecule has 6 nitrogen and oxygen atoms in total. The Morgan fingerprint density at radius 3 is 2.38 bits per heavy atom. The summed E-state index contributed by atoms with van der Waals surface area (Å²) in [6.07, 6.45) is 3.02. The summed E-state index contributed by atoms with van der Waals surface area (Å²) < 4.78 is 0. The Morgan fingerprint density at radius 2 is 1.90 bits per heavy atom. The van der Waals surface area contributed by atoms with Gasteiger partial charge in [-0.05, 0) is 26.0 Å². The summed E-state index contributed by atoms with van der Waals surface area (Å²) in [6, 6.07) is 4.61. The third-order valence-corrected chi connectivity index (χ3v) is 3.08. The van der Waals surface area contributed by atoms with Gasteiger partial charge in [0.25, 0.3) is 5.69 Å². The van der Waals surface area contributed by atoms with Crippen molar-refractivity contribution in [2.24, 2.45) is 0 Å². The van der Waals surface area contributed by atoms with Gasteiger partial charge in [0, 0.05) is 51.1 Å². The smallest absolute Gasteiger partial charge is 0.293 e. The van der Waals surface area contributed by atoms with Crippen LogP contribution < -0.4 is 4.90 Å². The molecule has 0 heterocycles. The molecule has 1 aromatic rings. The van der Waals surface area contributed by atoms with Crippen LogP contribution in [0.4, 0.5) is 11.4 Å². The van der Waals surface area contributed by atoms with Gasteiger partial charge >= 0.3 is 0 Å². The highest BCUT2D eigenvalue weighted by atomic mass is 16.6. The number of rotatable bonds is 7. The molecular formula is C15H21N3O3. The number of hydrogen-bond acceptors (Lipinski definition) is 5. The minimum atomic E-state index is -0.444.